The van der Waals surface area contributed by atoms with Crippen molar-refractivity contribution in [2.45, 2.75) is 13.0 Å². The van der Waals surface area contributed by atoms with Crippen molar-refractivity contribution < 1.29 is 4.39 Å². The van der Waals surface area contributed by atoms with Gasteiger partial charge < -0.3 is 15.1 Å². The Hall–Kier alpha value is -2.21. The molecule has 1 fully saturated rings. The Kier molecular flexibility index (Phi) is 3.83. The van der Waals surface area contributed by atoms with Crippen LogP contribution >= 0.6 is 0 Å². The maximum Gasteiger partial charge on any atom is 0.225 e. The van der Waals surface area contributed by atoms with E-state index in [2.05, 4.69) is 20.1 Å². The van der Waals surface area contributed by atoms with Crippen LogP contribution in [0.3, 0.4) is 0 Å². The second kappa shape index (κ2) is 6.12. The highest BCUT2D eigenvalue weighted by atomic mass is 19.1. The Labute approximate surface area is 135 Å². The van der Waals surface area contributed by atoms with Crippen LogP contribution in [0, 0.1) is 5.82 Å². The summed E-state index contributed by atoms with van der Waals surface area (Å²) in [7, 11) is 0. The van der Waals surface area contributed by atoms with Gasteiger partial charge in [0.2, 0.25) is 5.95 Å². The number of piperazine rings is 1. The van der Waals surface area contributed by atoms with Gasteiger partial charge in [-0.2, -0.15) is 0 Å². The van der Waals surface area contributed by atoms with Gasteiger partial charge >= 0.3 is 0 Å². The normalized spacial score (nSPS) is 18.0. The maximum atomic E-state index is 13.9. The third kappa shape index (κ3) is 2.86. The first kappa shape index (κ1) is 14.4. The molecule has 0 bridgehead atoms. The largest absolute Gasteiger partial charge is 0.366 e. The van der Waals surface area contributed by atoms with E-state index in [0.717, 1.165) is 57.3 Å². The minimum absolute atomic E-state index is 0.154. The quantitative estimate of drug-likeness (QED) is 0.912. The van der Waals surface area contributed by atoms with E-state index in [4.69, 9.17) is 4.98 Å². The Morgan fingerprint density at radius 3 is 2.65 bits per heavy atom. The van der Waals surface area contributed by atoms with Crippen LogP contribution in [0.4, 0.5) is 16.0 Å². The average molecular weight is 313 g/mol. The molecule has 1 aromatic carbocycles. The molecule has 0 saturated carbocycles. The summed E-state index contributed by atoms with van der Waals surface area (Å²) in [4.78, 5) is 13.5. The Morgan fingerprint density at radius 2 is 1.83 bits per heavy atom. The fourth-order valence-corrected chi connectivity index (χ4v) is 3.23. The van der Waals surface area contributed by atoms with E-state index in [1.165, 1.54) is 11.6 Å². The summed E-state index contributed by atoms with van der Waals surface area (Å²) in [5, 5.41) is 3.33. The molecular formula is C17H20FN5. The molecule has 120 valence electrons. The van der Waals surface area contributed by atoms with E-state index >= 15 is 0 Å². The smallest absolute Gasteiger partial charge is 0.225 e. The molecule has 2 aromatic rings. The molecule has 1 aromatic heterocycles. The van der Waals surface area contributed by atoms with E-state index in [9.17, 15) is 4.39 Å². The van der Waals surface area contributed by atoms with Crippen LogP contribution in [0.1, 0.15) is 11.3 Å². The van der Waals surface area contributed by atoms with Gasteiger partial charge in [-0.05, 0) is 12.1 Å². The first-order valence-electron chi connectivity index (χ1n) is 8.11. The fourth-order valence-electron chi connectivity index (χ4n) is 3.23. The number of hydrogen-bond acceptors (Lipinski definition) is 5. The molecule has 0 amide bonds. The highest BCUT2D eigenvalue weighted by Crippen LogP contribution is 2.22. The van der Waals surface area contributed by atoms with E-state index in [1.54, 1.807) is 6.07 Å². The number of anilines is 2. The number of aromatic nitrogens is 2. The topological polar surface area (TPSA) is 44.3 Å². The van der Waals surface area contributed by atoms with Crippen LogP contribution in [0.15, 0.2) is 30.5 Å². The van der Waals surface area contributed by atoms with Crippen molar-refractivity contribution in [2.24, 2.45) is 0 Å². The summed E-state index contributed by atoms with van der Waals surface area (Å²) in [6, 6.07) is 6.96. The first-order valence-corrected chi connectivity index (χ1v) is 8.11. The second-order valence-electron chi connectivity index (χ2n) is 5.99. The molecule has 0 atom stereocenters. The van der Waals surface area contributed by atoms with Gasteiger partial charge in [0.05, 0.1) is 11.4 Å². The molecular weight excluding hydrogens is 293 g/mol. The number of halogens is 1. The predicted molar refractivity (Wildman–Crippen MR) is 88.3 cm³/mol. The van der Waals surface area contributed by atoms with Gasteiger partial charge in [0.1, 0.15) is 5.82 Å². The number of para-hydroxylation sites is 1. The minimum Gasteiger partial charge on any atom is -0.366 e. The number of benzene rings is 1. The Balaban J connectivity index is 1.46. The first-order chi connectivity index (χ1) is 11.3. The summed E-state index contributed by atoms with van der Waals surface area (Å²) in [6.45, 7) is 5.02. The Morgan fingerprint density at radius 1 is 1.04 bits per heavy atom. The number of nitrogens with one attached hydrogen (secondary N) is 1. The van der Waals surface area contributed by atoms with Crippen molar-refractivity contribution in [3.63, 3.8) is 0 Å². The van der Waals surface area contributed by atoms with Gasteiger partial charge in [-0.25, -0.2) is 14.4 Å². The van der Waals surface area contributed by atoms with Crippen LogP contribution in [0.25, 0.3) is 0 Å². The van der Waals surface area contributed by atoms with E-state index in [1.807, 2.05) is 18.3 Å². The van der Waals surface area contributed by atoms with Crippen LogP contribution < -0.4 is 15.1 Å². The number of rotatable bonds is 2. The van der Waals surface area contributed by atoms with Gasteiger partial charge in [0.25, 0.3) is 0 Å². The monoisotopic (exact) mass is 313 g/mol. The summed E-state index contributed by atoms with van der Waals surface area (Å²) in [6.07, 6.45) is 2.90. The molecule has 5 nitrogen and oxygen atoms in total. The molecule has 3 heterocycles. The average Bonchev–Trinajstić information content (AvgIpc) is 2.62. The fraction of sp³-hybridized carbons (Fsp3) is 0.412. The molecule has 0 spiro atoms. The molecule has 1 N–H and O–H groups in total. The number of nitrogens with zero attached hydrogens (tertiary/aromatic N) is 4. The number of fused-ring (bicyclic) bond motifs is 1. The van der Waals surface area contributed by atoms with Crippen molar-refractivity contribution in [1.82, 2.24) is 15.3 Å². The zero-order chi connectivity index (χ0) is 15.6. The molecule has 23 heavy (non-hydrogen) atoms. The lowest BCUT2D eigenvalue weighted by Crippen LogP contribution is -2.47. The van der Waals surface area contributed by atoms with Gasteiger partial charge in [0, 0.05) is 57.4 Å². The maximum absolute atomic E-state index is 13.9. The zero-order valence-electron chi connectivity index (χ0n) is 13.0. The summed E-state index contributed by atoms with van der Waals surface area (Å²) in [5.74, 6) is 0.650. The standard InChI is InChI=1S/C17H20FN5/c18-14-3-1-2-4-16(14)22-7-9-23(10-8-22)17-20-12-13-11-19-6-5-15(13)21-17/h1-4,12,19H,5-11H2. The van der Waals surface area contributed by atoms with Crippen LogP contribution in [0.2, 0.25) is 0 Å². The third-order valence-electron chi connectivity index (χ3n) is 4.55. The highest BCUT2D eigenvalue weighted by molar-refractivity contribution is 5.49. The van der Waals surface area contributed by atoms with Crippen molar-refractivity contribution in [2.75, 3.05) is 42.5 Å². The van der Waals surface area contributed by atoms with E-state index in [0.29, 0.717) is 5.69 Å². The lowest BCUT2D eigenvalue weighted by molar-refractivity contribution is 0.589. The van der Waals surface area contributed by atoms with E-state index < -0.39 is 0 Å². The zero-order valence-corrected chi connectivity index (χ0v) is 13.0. The SMILES string of the molecule is Fc1ccccc1N1CCN(c2ncc3c(n2)CCNC3)CC1. The van der Waals surface area contributed by atoms with Crippen molar-refractivity contribution in [1.29, 1.82) is 0 Å². The minimum atomic E-state index is -0.154. The van der Waals surface area contributed by atoms with E-state index in [-0.39, 0.29) is 5.82 Å². The van der Waals surface area contributed by atoms with Gasteiger partial charge in [-0.1, -0.05) is 12.1 Å². The van der Waals surface area contributed by atoms with Gasteiger partial charge in [0.15, 0.2) is 0 Å². The van der Waals surface area contributed by atoms with Crippen LogP contribution in [0.5, 0.6) is 0 Å². The summed E-state index contributed by atoms with van der Waals surface area (Å²) < 4.78 is 13.9. The van der Waals surface area contributed by atoms with Crippen molar-refractivity contribution in [3.8, 4) is 0 Å². The predicted octanol–water partition coefficient (Wildman–Crippen LogP) is 1.59. The lowest BCUT2D eigenvalue weighted by Gasteiger charge is -2.36. The summed E-state index contributed by atoms with van der Waals surface area (Å²) in [5.41, 5.74) is 3.04. The summed E-state index contributed by atoms with van der Waals surface area (Å²) >= 11 is 0. The molecule has 0 unspecified atom stereocenters. The molecule has 4 rings (SSSR count). The molecule has 2 aliphatic rings. The van der Waals surface area contributed by atoms with Crippen LogP contribution in [-0.2, 0) is 13.0 Å². The van der Waals surface area contributed by atoms with Gasteiger partial charge in [-0.3, -0.25) is 0 Å². The Bertz CT molecular complexity index is 697. The van der Waals surface area contributed by atoms with Crippen molar-refractivity contribution >= 4 is 11.6 Å². The van der Waals surface area contributed by atoms with Crippen LogP contribution in [-0.4, -0.2) is 42.7 Å². The molecule has 1 saturated heterocycles. The van der Waals surface area contributed by atoms with Crippen molar-refractivity contribution in [3.05, 3.63) is 47.5 Å². The molecule has 0 aliphatic carbocycles. The molecule has 6 heteroatoms. The molecule has 0 radical (unpaired) electrons. The molecule has 2 aliphatic heterocycles. The lowest BCUT2D eigenvalue weighted by atomic mass is 10.1. The second-order valence-corrected chi connectivity index (χ2v) is 5.99. The highest BCUT2D eigenvalue weighted by Gasteiger charge is 2.22. The number of hydrogen-bond donors (Lipinski definition) is 1. The third-order valence-corrected chi connectivity index (χ3v) is 4.55. The van der Waals surface area contributed by atoms with Gasteiger partial charge in [-0.15, -0.1) is 0 Å².